The van der Waals surface area contributed by atoms with E-state index >= 15 is 0 Å². The van der Waals surface area contributed by atoms with Gasteiger partial charge in [-0.1, -0.05) is 30.0 Å². The minimum atomic E-state index is -0.203. The van der Waals surface area contributed by atoms with Gasteiger partial charge in [0.1, 0.15) is 11.4 Å². The smallest absolute Gasteiger partial charge is 0.230 e. The van der Waals surface area contributed by atoms with Crippen molar-refractivity contribution < 1.29 is 4.79 Å². The molecule has 0 unspecified atom stereocenters. The van der Waals surface area contributed by atoms with Gasteiger partial charge >= 0.3 is 0 Å². The summed E-state index contributed by atoms with van der Waals surface area (Å²) in [5, 5.41) is 4.76. The number of amides is 1. The van der Waals surface area contributed by atoms with Crippen LogP contribution in [0.25, 0.3) is 10.9 Å². The number of benzene rings is 1. The third kappa shape index (κ3) is 3.92. The fourth-order valence-electron chi connectivity index (χ4n) is 1.68. The SMILES string of the molecule is CC(C)(C)NC(=O)CSc1ncnc2ccccc12. The van der Waals surface area contributed by atoms with E-state index in [1.165, 1.54) is 18.1 Å². The maximum atomic E-state index is 11.8. The van der Waals surface area contributed by atoms with Crippen LogP contribution in [0, 0.1) is 0 Å². The molecule has 19 heavy (non-hydrogen) atoms. The molecular weight excluding hydrogens is 258 g/mol. The summed E-state index contributed by atoms with van der Waals surface area (Å²) in [5.41, 5.74) is 0.696. The van der Waals surface area contributed by atoms with E-state index in [2.05, 4.69) is 15.3 Å². The molecule has 0 aliphatic carbocycles. The predicted octanol–water partition coefficient (Wildman–Crippen LogP) is 2.64. The van der Waals surface area contributed by atoms with E-state index in [0.717, 1.165) is 15.9 Å². The Morgan fingerprint density at radius 2 is 2.00 bits per heavy atom. The van der Waals surface area contributed by atoms with Crippen molar-refractivity contribution in [2.45, 2.75) is 31.3 Å². The molecule has 0 saturated heterocycles. The highest BCUT2D eigenvalue weighted by Gasteiger charge is 2.14. The molecule has 0 aliphatic heterocycles. The van der Waals surface area contributed by atoms with Crippen molar-refractivity contribution in [1.82, 2.24) is 15.3 Å². The van der Waals surface area contributed by atoms with Gasteiger partial charge in [-0.15, -0.1) is 0 Å². The first kappa shape index (κ1) is 13.8. The van der Waals surface area contributed by atoms with Crippen LogP contribution in [0.4, 0.5) is 0 Å². The zero-order valence-electron chi connectivity index (χ0n) is 11.3. The van der Waals surface area contributed by atoms with Crippen molar-refractivity contribution in [2.75, 3.05) is 5.75 Å². The van der Waals surface area contributed by atoms with Crippen molar-refractivity contribution in [3.05, 3.63) is 30.6 Å². The predicted molar refractivity (Wildman–Crippen MR) is 78.2 cm³/mol. The zero-order chi connectivity index (χ0) is 13.9. The van der Waals surface area contributed by atoms with Crippen molar-refractivity contribution in [3.63, 3.8) is 0 Å². The molecule has 1 amide bonds. The average molecular weight is 275 g/mol. The minimum Gasteiger partial charge on any atom is -0.351 e. The minimum absolute atomic E-state index is 0.0141. The van der Waals surface area contributed by atoms with E-state index in [4.69, 9.17) is 0 Å². The Morgan fingerprint density at radius 1 is 1.26 bits per heavy atom. The molecule has 0 radical (unpaired) electrons. The van der Waals surface area contributed by atoms with Crippen LogP contribution in [-0.2, 0) is 4.79 Å². The molecule has 0 fully saturated rings. The van der Waals surface area contributed by atoms with E-state index in [0.29, 0.717) is 5.75 Å². The number of fused-ring (bicyclic) bond motifs is 1. The van der Waals surface area contributed by atoms with Crippen LogP contribution in [0.15, 0.2) is 35.6 Å². The quantitative estimate of drug-likeness (QED) is 0.691. The maximum Gasteiger partial charge on any atom is 0.230 e. The number of carbonyl (C=O) groups is 1. The molecule has 100 valence electrons. The molecule has 0 spiro atoms. The van der Waals surface area contributed by atoms with E-state index < -0.39 is 0 Å². The summed E-state index contributed by atoms with van der Waals surface area (Å²) in [4.78, 5) is 20.2. The van der Waals surface area contributed by atoms with Crippen LogP contribution in [-0.4, -0.2) is 27.2 Å². The Labute approximate surface area is 117 Å². The highest BCUT2D eigenvalue weighted by atomic mass is 32.2. The fraction of sp³-hybridized carbons (Fsp3) is 0.357. The van der Waals surface area contributed by atoms with Crippen LogP contribution in [0.5, 0.6) is 0 Å². The van der Waals surface area contributed by atoms with Gasteiger partial charge in [0.05, 0.1) is 11.3 Å². The maximum absolute atomic E-state index is 11.8. The first-order valence-electron chi connectivity index (χ1n) is 6.09. The van der Waals surface area contributed by atoms with Crippen LogP contribution in [0.1, 0.15) is 20.8 Å². The number of aromatic nitrogens is 2. The number of rotatable bonds is 3. The highest BCUT2D eigenvalue weighted by Crippen LogP contribution is 2.23. The number of nitrogens with one attached hydrogen (secondary N) is 1. The number of thioether (sulfide) groups is 1. The monoisotopic (exact) mass is 275 g/mol. The van der Waals surface area contributed by atoms with Gasteiger partial charge in [-0.25, -0.2) is 9.97 Å². The van der Waals surface area contributed by atoms with Crippen molar-refractivity contribution in [1.29, 1.82) is 0 Å². The Balaban J connectivity index is 2.08. The lowest BCUT2D eigenvalue weighted by Crippen LogP contribution is -2.41. The second kappa shape index (κ2) is 5.57. The molecular formula is C14H17N3OS. The Hall–Kier alpha value is -1.62. The number of carbonyl (C=O) groups excluding carboxylic acids is 1. The van der Waals surface area contributed by atoms with Crippen LogP contribution in [0.3, 0.4) is 0 Å². The Morgan fingerprint density at radius 3 is 2.74 bits per heavy atom. The summed E-state index contributed by atoms with van der Waals surface area (Å²) in [6, 6.07) is 7.80. The van der Waals surface area contributed by atoms with Crippen molar-refractivity contribution >= 4 is 28.6 Å². The molecule has 0 bridgehead atoms. The van der Waals surface area contributed by atoms with Crippen molar-refractivity contribution in [2.24, 2.45) is 0 Å². The number of nitrogens with zero attached hydrogens (tertiary/aromatic N) is 2. The van der Waals surface area contributed by atoms with E-state index in [1.54, 1.807) is 0 Å². The molecule has 0 saturated carbocycles. The van der Waals surface area contributed by atoms with Gasteiger partial charge in [-0.05, 0) is 26.8 Å². The molecule has 4 nitrogen and oxygen atoms in total. The van der Waals surface area contributed by atoms with E-state index in [9.17, 15) is 4.79 Å². The second-order valence-corrected chi connectivity index (χ2v) is 6.25. The number of hydrogen-bond donors (Lipinski definition) is 1. The lowest BCUT2D eigenvalue weighted by Gasteiger charge is -2.20. The molecule has 2 aromatic rings. The third-order valence-corrected chi connectivity index (χ3v) is 3.37. The van der Waals surface area contributed by atoms with E-state index in [1.807, 2.05) is 45.0 Å². The van der Waals surface area contributed by atoms with Crippen molar-refractivity contribution in [3.8, 4) is 0 Å². The topological polar surface area (TPSA) is 54.9 Å². The van der Waals surface area contributed by atoms with Gasteiger partial charge in [0, 0.05) is 10.9 Å². The van der Waals surface area contributed by atoms with Gasteiger partial charge < -0.3 is 5.32 Å². The largest absolute Gasteiger partial charge is 0.351 e. The van der Waals surface area contributed by atoms with E-state index in [-0.39, 0.29) is 11.4 Å². The van der Waals surface area contributed by atoms with Gasteiger partial charge in [0.2, 0.25) is 5.91 Å². The third-order valence-electron chi connectivity index (χ3n) is 2.36. The number of para-hydroxylation sites is 1. The molecule has 2 rings (SSSR count). The lowest BCUT2D eigenvalue weighted by molar-refractivity contribution is -0.119. The molecule has 5 heteroatoms. The standard InChI is InChI=1S/C14H17N3OS/c1-14(2,3)17-12(18)8-19-13-10-6-4-5-7-11(10)15-9-16-13/h4-7,9H,8H2,1-3H3,(H,17,18). The molecule has 1 aromatic carbocycles. The Kier molecular flexibility index (Phi) is 4.04. The van der Waals surface area contributed by atoms with Crippen LogP contribution < -0.4 is 5.32 Å². The average Bonchev–Trinajstić information content (AvgIpc) is 2.34. The van der Waals surface area contributed by atoms with Crippen LogP contribution in [0.2, 0.25) is 0 Å². The summed E-state index contributed by atoms with van der Waals surface area (Å²) in [6.07, 6.45) is 1.53. The van der Waals surface area contributed by atoms with Gasteiger partial charge in [0.25, 0.3) is 0 Å². The first-order chi connectivity index (χ1) is 8.96. The number of hydrogen-bond acceptors (Lipinski definition) is 4. The van der Waals surface area contributed by atoms with Gasteiger partial charge in [-0.3, -0.25) is 4.79 Å². The molecule has 1 heterocycles. The first-order valence-corrected chi connectivity index (χ1v) is 7.08. The molecule has 1 N–H and O–H groups in total. The normalized spacial score (nSPS) is 11.5. The Bertz CT molecular complexity index is 587. The summed E-state index contributed by atoms with van der Waals surface area (Å²) in [5.74, 6) is 0.373. The van der Waals surface area contributed by atoms with Gasteiger partial charge in [-0.2, -0.15) is 0 Å². The highest BCUT2D eigenvalue weighted by molar-refractivity contribution is 8.00. The zero-order valence-corrected chi connectivity index (χ0v) is 12.1. The molecule has 1 aromatic heterocycles. The summed E-state index contributed by atoms with van der Waals surface area (Å²) < 4.78 is 0. The lowest BCUT2D eigenvalue weighted by atomic mass is 10.1. The molecule has 0 aliphatic rings. The summed E-state index contributed by atoms with van der Waals surface area (Å²) in [7, 11) is 0. The van der Waals surface area contributed by atoms with Crippen LogP contribution >= 0.6 is 11.8 Å². The summed E-state index contributed by atoms with van der Waals surface area (Å²) in [6.45, 7) is 5.90. The summed E-state index contributed by atoms with van der Waals surface area (Å²) >= 11 is 1.44. The second-order valence-electron chi connectivity index (χ2n) is 5.28. The fourth-order valence-corrected chi connectivity index (χ4v) is 2.47. The van der Waals surface area contributed by atoms with Gasteiger partial charge in [0.15, 0.2) is 0 Å². The molecule has 0 atom stereocenters.